The van der Waals surface area contributed by atoms with Crippen molar-refractivity contribution in [3.05, 3.63) is 70.5 Å². The zero-order valence-corrected chi connectivity index (χ0v) is 20.2. The van der Waals surface area contributed by atoms with E-state index in [1.165, 1.54) is 0 Å². The smallest absolute Gasteiger partial charge is 0.410 e. The first-order chi connectivity index (χ1) is 16.3. The Kier molecular flexibility index (Phi) is 7.19. The third-order valence-electron chi connectivity index (χ3n) is 5.79. The number of amides is 2. The zero-order chi connectivity index (χ0) is 24.2. The Morgan fingerprint density at radius 2 is 2.09 bits per heavy atom. The number of carbonyl (C=O) groups excluding carboxylic acids is 2. The van der Waals surface area contributed by atoms with E-state index >= 15 is 0 Å². The summed E-state index contributed by atoms with van der Waals surface area (Å²) in [6.45, 7) is 2.91. The molecule has 1 aliphatic rings. The summed E-state index contributed by atoms with van der Waals surface area (Å²) < 4.78 is 7.32. The lowest BCUT2D eigenvalue weighted by molar-refractivity contribution is -0.115. The van der Waals surface area contributed by atoms with E-state index in [9.17, 15) is 9.59 Å². The SMILES string of the molecule is CN[C@H](C)CN(Cc1nn(C)cc1-c1cc(Cl)c2c(c1)CC(=O)N2)C(=O)OCc1ccccc1. The fraction of sp³-hybridized carbons (Fsp3) is 0.320. The van der Waals surface area contributed by atoms with Gasteiger partial charge in [-0.15, -0.1) is 0 Å². The second kappa shape index (κ2) is 10.3. The molecule has 0 radical (unpaired) electrons. The summed E-state index contributed by atoms with van der Waals surface area (Å²) in [4.78, 5) is 26.5. The summed E-state index contributed by atoms with van der Waals surface area (Å²) in [5, 5.41) is 11.1. The third-order valence-corrected chi connectivity index (χ3v) is 6.09. The third kappa shape index (κ3) is 5.40. The van der Waals surface area contributed by atoms with Gasteiger partial charge in [0.25, 0.3) is 0 Å². The summed E-state index contributed by atoms with van der Waals surface area (Å²) >= 11 is 6.46. The first-order valence-corrected chi connectivity index (χ1v) is 11.5. The lowest BCUT2D eigenvalue weighted by Gasteiger charge is -2.25. The van der Waals surface area contributed by atoms with E-state index in [1.54, 1.807) is 9.58 Å². The van der Waals surface area contributed by atoms with Gasteiger partial charge in [0.2, 0.25) is 5.91 Å². The standard InChI is InChI=1S/C25H28ClN5O3/c1-16(27-2)12-31(25(33)34-15-17-7-5-4-6-8-17)14-22-20(13-30(3)29-22)18-9-19-11-23(32)28-24(19)21(26)10-18/h4-10,13,16,27H,11-12,14-15H2,1-3H3,(H,28,32)/t16-/m1/s1. The number of fused-ring (bicyclic) bond motifs is 1. The van der Waals surface area contributed by atoms with Crippen LogP contribution < -0.4 is 10.6 Å². The number of anilines is 1. The van der Waals surface area contributed by atoms with Gasteiger partial charge < -0.3 is 20.3 Å². The summed E-state index contributed by atoms with van der Waals surface area (Å²) in [6.07, 6.45) is 1.77. The highest BCUT2D eigenvalue weighted by molar-refractivity contribution is 6.34. The molecule has 0 fully saturated rings. The highest BCUT2D eigenvalue weighted by Gasteiger charge is 2.25. The molecule has 1 aliphatic heterocycles. The maximum Gasteiger partial charge on any atom is 0.410 e. The van der Waals surface area contributed by atoms with Gasteiger partial charge in [-0.05, 0) is 42.8 Å². The lowest BCUT2D eigenvalue weighted by Crippen LogP contribution is -2.41. The molecular weight excluding hydrogens is 454 g/mol. The highest BCUT2D eigenvalue weighted by Crippen LogP contribution is 2.37. The van der Waals surface area contributed by atoms with Crippen LogP contribution in [0.1, 0.15) is 23.7 Å². The molecule has 34 heavy (non-hydrogen) atoms. The molecule has 4 rings (SSSR count). The van der Waals surface area contributed by atoms with Crippen molar-refractivity contribution in [1.29, 1.82) is 0 Å². The van der Waals surface area contributed by atoms with Crippen LogP contribution >= 0.6 is 11.6 Å². The molecule has 178 valence electrons. The van der Waals surface area contributed by atoms with Crippen molar-refractivity contribution in [2.75, 3.05) is 18.9 Å². The molecule has 8 nitrogen and oxygen atoms in total. The first-order valence-electron chi connectivity index (χ1n) is 11.1. The molecule has 2 N–H and O–H groups in total. The minimum absolute atomic E-state index is 0.0583. The monoisotopic (exact) mass is 481 g/mol. The number of rotatable bonds is 8. The fourth-order valence-corrected chi connectivity index (χ4v) is 4.25. The molecular formula is C25H28ClN5O3. The van der Waals surface area contributed by atoms with Gasteiger partial charge in [0, 0.05) is 31.4 Å². The number of aromatic nitrogens is 2. The normalized spacial score (nSPS) is 13.4. The van der Waals surface area contributed by atoms with Crippen molar-refractivity contribution in [1.82, 2.24) is 20.0 Å². The number of ether oxygens (including phenoxy) is 1. The Hall–Kier alpha value is -3.36. The van der Waals surface area contributed by atoms with E-state index < -0.39 is 6.09 Å². The van der Waals surface area contributed by atoms with Crippen molar-refractivity contribution in [3.63, 3.8) is 0 Å². The van der Waals surface area contributed by atoms with E-state index in [4.69, 9.17) is 16.3 Å². The predicted molar refractivity (Wildman–Crippen MR) is 132 cm³/mol. The van der Waals surface area contributed by atoms with Crippen LogP contribution in [-0.4, -0.2) is 46.3 Å². The van der Waals surface area contributed by atoms with Gasteiger partial charge in [0.05, 0.1) is 29.4 Å². The molecule has 2 aromatic carbocycles. The average molecular weight is 482 g/mol. The van der Waals surface area contributed by atoms with Crippen LogP contribution in [0.25, 0.3) is 11.1 Å². The van der Waals surface area contributed by atoms with Gasteiger partial charge in [-0.1, -0.05) is 41.9 Å². The van der Waals surface area contributed by atoms with Crippen molar-refractivity contribution >= 4 is 29.3 Å². The van der Waals surface area contributed by atoms with Gasteiger partial charge in [-0.2, -0.15) is 5.10 Å². The number of nitrogens with one attached hydrogen (secondary N) is 2. The van der Waals surface area contributed by atoms with Crippen molar-refractivity contribution < 1.29 is 14.3 Å². The first kappa shape index (κ1) is 23.8. The summed E-state index contributed by atoms with van der Waals surface area (Å²) in [6, 6.07) is 13.4. The van der Waals surface area contributed by atoms with Gasteiger partial charge in [-0.25, -0.2) is 4.79 Å². The Morgan fingerprint density at radius 3 is 2.82 bits per heavy atom. The van der Waals surface area contributed by atoms with Crippen LogP contribution in [0.5, 0.6) is 0 Å². The van der Waals surface area contributed by atoms with Crippen LogP contribution in [0.3, 0.4) is 0 Å². The van der Waals surface area contributed by atoms with Gasteiger partial charge in [0.15, 0.2) is 0 Å². The largest absolute Gasteiger partial charge is 0.445 e. The second-order valence-corrected chi connectivity index (χ2v) is 8.90. The topological polar surface area (TPSA) is 88.5 Å². The number of benzene rings is 2. The molecule has 9 heteroatoms. The van der Waals surface area contributed by atoms with E-state index in [0.717, 1.165) is 27.9 Å². The molecule has 0 spiro atoms. The maximum atomic E-state index is 13.0. The second-order valence-electron chi connectivity index (χ2n) is 8.49. The van der Waals surface area contributed by atoms with Gasteiger partial charge in [-0.3, -0.25) is 9.48 Å². The molecule has 3 aromatic rings. The number of hydrogen-bond donors (Lipinski definition) is 2. The van der Waals surface area contributed by atoms with Crippen molar-refractivity contribution in [2.24, 2.45) is 7.05 Å². The van der Waals surface area contributed by atoms with Gasteiger partial charge >= 0.3 is 6.09 Å². The molecule has 1 aromatic heterocycles. The van der Waals surface area contributed by atoms with Crippen LogP contribution in [0.4, 0.5) is 10.5 Å². The summed E-state index contributed by atoms with van der Waals surface area (Å²) in [5.41, 5.74) is 4.86. The molecule has 2 amide bonds. The number of nitrogens with zero attached hydrogens (tertiary/aromatic N) is 3. The molecule has 1 atom stereocenters. The average Bonchev–Trinajstić information content (AvgIpc) is 3.39. The Labute approximate surface area is 203 Å². The predicted octanol–water partition coefficient (Wildman–Crippen LogP) is 3.98. The number of halogens is 1. The Morgan fingerprint density at radius 1 is 1.32 bits per heavy atom. The van der Waals surface area contributed by atoms with E-state index in [1.807, 2.05) is 69.7 Å². The van der Waals surface area contributed by atoms with Crippen LogP contribution in [0.2, 0.25) is 5.02 Å². The summed E-state index contributed by atoms with van der Waals surface area (Å²) in [5.74, 6) is -0.0751. The van der Waals surface area contributed by atoms with Crippen LogP contribution in [0, 0.1) is 0 Å². The Bertz CT molecular complexity index is 1190. The molecule has 0 bridgehead atoms. The molecule has 0 saturated carbocycles. The number of aryl methyl sites for hydroxylation is 1. The number of hydrogen-bond acceptors (Lipinski definition) is 5. The zero-order valence-electron chi connectivity index (χ0n) is 19.5. The van der Waals surface area contributed by atoms with E-state index in [0.29, 0.717) is 17.3 Å². The molecule has 0 saturated heterocycles. The van der Waals surface area contributed by atoms with Crippen LogP contribution in [-0.2, 0) is 36.2 Å². The highest BCUT2D eigenvalue weighted by atomic mass is 35.5. The van der Waals surface area contributed by atoms with Crippen molar-refractivity contribution in [3.8, 4) is 11.1 Å². The minimum Gasteiger partial charge on any atom is -0.445 e. The number of likely N-dealkylation sites (N-methyl/N-ethyl adjacent to an activating group) is 1. The van der Waals surface area contributed by atoms with E-state index in [-0.39, 0.29) is 31.5 Å². The molecule has 2 heterocycles. The maximum absolute atomic E-state index is 13.0. The fourth-order valence-electron chi connectivity index (χ4n) is 3.96. The van der Waals surface area contributed by atoms with Crippen molar-refractivity contribution in [2.45, 2.75) is 32.5 Å². The number of carbonyl (C=O) groups is 2. The molecule has 0 unspecified atom stereocenters. The lowest BCUT2D eigenvalue weighted by atomic mass is 10.0. The van der Waals surface area contributed by atoms with Gasteiger partial charge in [0.1, 0.15) is 6.61 Å². The quantitative estimate of drug-likeness (QED) is 0.508. The Balaban J connectivity index is 1.59. The minimum atomic E-state index is -0.413. The molecule has 0 aliphatic carbocycles. The van der Waals surface area contributed by atoms with Crippen LogP contribution in [0.15, 0.2) is 48.7 Å². The van der Waals surface area contributed by atoms with E-state index in [2.05, 4.69) is 15.7 Å². The summed E-state index contributed by atoms with van der Waals surface area (Å²) in [7, 11) is 3.69.